The predicted octanol–water partition coefficient (Wildman–Crippen LogP) is 11.5. The van der Waals surface area contributed by atoms with Crippen molar-refractivity contribution in [3.05, 3.63) is 220 Å². The number of nitrogens with one attached hydrogen (secondary N) is 1. The number of hydrogen-bond acceptors (Lipinski definition) is 2. The second-order valence-electron chi connectivity index (χ2n) is 15.1. The van der Waals surface area contributed by atoms with Crippen LogP contribution >= 0.6 is 0 Å². The van der Waals surface area contributed by atoms with Gasteiger partial charge in [0.2, 0.25) is 0 Å². The Morgan fingerprint density at radius 1 is 0.868 bits per heavy atom. The number of allylic oxidation sites excluding steroid dienone is 12. The Kier molecular flexibility index (Phi) is 8.17. The van der Waals surface area contributed by atoms with Gasteiger partial charge < -0.3 is 11.1 Å². The normalized spacial score (nSPS) is 21.4. The monoisotopic (exact) mass is 686 g/mol. The van der Waals surface area contributed by atoms with E-state index in [2.05, 4.69) is 184 Å². The van der Waals surface area contributed by atoms with Crippen LogP contribution in [0, 0.1) is 12.8 Å². The van der Waals surface area contributed by atoms with E-state index >= 15 is 0 Å². The average molecular weight is 687 g/mol. The SMILES string of the molecule is C=CC1=C(c2ccccc2C)C2(C3=C(C=CC(C(C)(/C=C(\NCN)C4=CC=CCC4)c4cccc5ccccc45)C3)c3ccccc32)c2ccccc21. The minimum Gasteiger partial charge on any atom is -0.373 e. The molecule has 5 aromatic carbocycles. The molecule has 5 aromatic rings. The Labute approximate surface area is 314 Å². The van der Waals surface area contributed by atoms with Gasteiger partial charge in [0.1, 0.15) is 0 Å². The third kappa shape index (κ3) is 4.96. The third-order valence-electron chi connectivity index (χ3n) is 12.4. The van der Waals surface area contributed by atoms with Crippen molar-refractivity contribution in [2.75, 3.05) is 6.67 Å². The van der Waals surface area contributed by atoms with E-state index in [9.17, 15) is 0 Å². The fourth-order valence-corrected chi connectivity index (χ4v) is 10.0. The smallest absolute Gasteiger partial charge is 0.0694 e. The second kappa shape index (κ2) is 13.1. The maximum absolute atomic E-state index is 6.28. The van der Waals surface area contributed by atoms with E-state index in [0.717, 1.165) is 25.0 Å². The van der Waals surface area contributed by atoms with E-state index in [0.29, 0.717) is 6.67 Å². The number of nitrogens with two attached hydrogens (primary N) is 1. The summed E-state index contributed by atoms with van der Waals surface area (Å²) in [6.07, 6.45) is 19.2. The molecule has 0 bridgehead atoms. The Morgan fingerprint density at radius 2 is 1.57 bits per heavy atom. The van der Waals surface area contributed by atoms with Crippen molar-refractivity contribution in [1.29, 1.82) is 0 Å². The lowest BCUT2D eigenvalue weighted by Gasteiger charge is -2.42. The molecule has 2 nitrogen and oxygen atoms in total. The van der Waals surface area contributed by atoms with Crippen molar-refractivity contribution in [1.82, 2.24) is 5.32 Å². The molecule has 0 fully saturated rings. The highest BCUT2D eigenvalue weighted by atomic mass is 15.0. The van der Waals surface area contributed by atoms with Gasteiger partial charge in [-0.05, 0) is 116 Å². The zero-order valence-corrected chi connectivity index (χ0v) is 30.7. The molecule has 0 aromatic heterocycles. The summed E-state index contributed by atoms with van der Waals surface area (Å²) in [6.45, 7) is 9.54. The second-order valence-corrected chi connectivity index (χ2v) is 15.1. The molecule has 0 saturated carbocycles. The van der Waals surface area contributed by atoms with Crippen molar-refractivity contribution < 1.29 is 0 Å². The lowest BCUT2D eigenvalue weighted by Crippen LogP contribution is -2.36. The van der Waals surface area contributed by atoms with E-state index in [-0.39, 0.29) is 5.92 Å². The average Bonchev–Trinajstić information content (AvgIpc) is 3.67. The largest absolute Gasteiger partial charge is 0.373 e. The van der Waals surface area contributed by atoms with Crippen LogP contribution in [0.25, 0.3) is 27.5 Å². The highest BCUT2D eigenvalue weighted by Crippen LogP contribution is 2.66. The highest BCUT2D eigenvalue weighted by Gasteiger charge is 2.55. The molecular formula is C51H46N2. The lowest BCUT2D eigenvalue weighted by molar-refractivity contribution is 0.414. The Bertz CT molecular complexity index is 2480. The molecular weight excluding hydrogens is 641 g/mol. The minimum absolute atomic E-state index is 0.144. The first-order valence-electron chi connectivity index (χ1n) is 19.1. The van der Waals surface area contributed by atoms with E-state index in [4.69, 9.17) is 5.73 Å². The Morgan fingerprint density at radius 3 is 2.32 bits per heavy atom. The van der Waals surface area contributed by atoms with Crippen molar-refractivity contribution in [3.8, 4) is 0 Å². The number of hydrogen-bond donors (Lipinski definition) is 2. The fraction of sp³-hybridized carbons (Fsp3) is 0.176. The molecule has 2 heteroatoms. The van der Waals surface area contributed by atoms with Crippen molar-refractivity contribution >= 4 is 27.5 Å². The molecule has 4 aliphatic rings. The van der Waals surface area contributed by atoms with Crippen LogP contribution in [0.2, 0.25) is 0 Å². The Hall–Kier alpha value is -5.70. The van der Waals surface area contributed by atoms with Crippen LogP contribution in [0.3, 0.4) is 0 Å². The number of rotatable bonds is 8. The van der Waals surface area contributed by atoms with Crippen LogP contribution in [0.1, 0.15) is 65.1 Å². The van der Waals surface area contributed by atoms with Gasteiger partial charge >= 0.3 is 0 Å². The van der Waals surface area contributed by atoms with Gasteiger partial charge in [-0.15, -0.1) is 0 Å². The number of fused-ring (bicyclic) bond motifs is 7. The van der Waals surface area contributed by atoms with Gasteiger partial charge in [0, 0.05) is 11.1 Å². The molecule has 4 aliphatic carbocycles. The van der Waals surface area contributed by atoms with Crippen LogP contribution in [0.15, 0.2) is 181 Å². The van der Waals surface area contributed by atoms with Crippen LogP contribution < -0.4 is 11.1 Å². The topological polar surface area (TPSA) is 38.0 Å². The van der Waals surface area contributed by atoms with Gasteiger partial charge in [-0.3, -0.25) is 0 Å². The maximum atomic E-state index is 6.28. The predicted molar refractivity (Wildman–Crippen MR) is 224 cm³/mol. The lowest BCUT2D eigenvalue weighted by atomic mass is 9.60. The third-order valence-corrected chi connectivity index (χ3v) is 12.4. The zero-order valence-electron chi connectivity index (χ0n) is 30.7. The summed E-state index contributed by atoms with van der Waals surface area (Å²) in [6, 6.07) is 42.8. The maximum Gasteiger partial charge on any atom is 0.0694 e. The molecule has 3 N–H and O–H groups in total. The van der Waals surface area contributed by atoms with Crippen LogP contribution in [-0.2, 0) is 10.8 Å². The Balaban J connectivity index is 1.31. The van der Waals surface area contributed by atoms with Crippen molar-refractivity contribution in [2.45, 2.75) is 43.9 Å². The van der Waals surface area contributed by atoms with E-state index in [1.54, 1.807) is 0 Å². The van der Waals surface area contributed by atoms with E-state index in [1.165, 1.54) is 77.6 Å². The van der Waals surface area contributed by atoms with Crippen molar-refractivity contribution in [3.63, 3.8) is 0 Å². The fourth-order valence-electron chi connectivity index (χ4n) is 10.0. The molecule has 9 rings (SSSR count). The summed E-state index contributed by atoms with van der Waals surface area (Å²) in [5, 5.41) is 6.16. The summed E-state index contributed by atoms with van der Waals surface area (Å²) in [5.41, 5.74) is 22.5. The molecule has 0 aliphatic heterocycles. The first-order chi connectivity index (χ1) is 26.0. The van der Waals surface area contributed by atoms with Gasteiger partial charge in [0.25, 0.3) is 0 Å². The first-order valence-corrected chi connectivity index (χ1v) is 19.1. The molecule has 0 radical (unpaired) electrons. The summed E-state index contributed by atoms with van der Waals surface area (Å²) in [7, 11) is 0. The van der Waals surface area contributed by atoms with Crippen LogP contribution in [-0.4, -0.2) is 6.67 Å². The molecule has 1 spiro atoms. The number of benzene rings is 5. The minimum atomic E-state index is -0.459. The summed E-state index contributed by atoms with van der Waals surface area (Å²) in [5.74, 6) is 0.144. The van der Waals surface area contributed by atoms with Gasteiger partial charge in [0.15, 0.2) is 0 Å². The molecule has 3 atom stereocenters. The molecule has 53 heavy (non-hydrogen) atoms. The zero-order chi connectivity index (χ0) is 36.2. The summed E-state index contributed by atoms with van der Waals surface area (Å²) >= 11 is 0. The molecule has 0 saturated heterocycles. The van der Waals surface area contributed by atoms with Crippen LogP contribution in [0.4, 0.5) is 0 Å². The summed E-state index contributed by atoms with van der Waals surface area (Å²) < 4.78 is 0. The molecule has 3 unspecified atom stereocenters. The molecule has 0 amide bonds. The highest BCUT2D eigenvalue weighted by molar-refractivity contribution is 6.12. The van der Waals surface area contributed by atoms with Gasteiger partial charge in [-0.2, -0.15) is 0 Å². The standard InChI is InChI=1S/C51H46N2/c1-4-38-41-24-12-14-26-45(41)51(49(38)39-22-10-8-17-34(39)2)46-27-15-13-25-42(46)43-30-29-37(31-47(43)51)50(3,32-48(53-33-52)36-19-6-5-7-20-36)44-28-16-21-35-18-9-11-23-40(35)44/h4-6,8-19,21-30,32,37,53H,1,7,20,31,33,52H2,2-3H3/b48-32-. The quantitative estimate of drug-likeness (QED) is 0.159. The number of aryl methyl sites for hydroxylation is 1. The molecule has 260 valence electrons. The van der Waals surface area contributed by atoms with Gasteiger partial charge in [-0.1, -0.05) is 165 Å². The van der Waals surface area contributed by atoms with Gasteiger partial charge in [0.05, 0.1) is 12.1 Å². The first kappa shape index (κ1) is 33.2. The summed E-state index contributed by atoms with van der Waals surface area (Å²) in [4.78, 5) is 0. The molecule has 0 heterocycles. The van der Waals surface area contributed by atoms with Gasteiger partial charge in [-0.25, -0.2) is 0 Å². The van der Waals surface area contributed by atoms with Crippen molar-refractivity contribution in [2.24, 2.45) is 11.7 Å². The van der Waals surface area contributed by atoms with E-state index < -0.39 is 10.8 Å². The van der Waals surface area contributed by atoms with E-state index in [1.807, 2.05) is 0 Å². The van der Waals surface area contributed by atoms with Crippen LogP contribution in [0.5, 0.6) is 0 Å².